The van der Waals surface area contributed by atoms with E-state index >= 15 is 0 Å². The number of rotatable bonds is 9. The van der Waals surface area contributed by atoms with Gasteiger partial charge in [0.15, 0.2) is 5.16 Å². The highest BCUT2D eigenvalue weighted by atomic mass is 32.2. The number of nitrogens with one attached hydrogen (secondary N) is 1. The molecule has 2 heterocycles. The van der Waals surface area contributed by atoms with E-state index in [0.717, 1.165) is 28.4 Å². The van der Waals surface area contributed by atoms with Gasteiger partial charge in [-0.05, 0) is 31.7 Å². The van der Waals surface area contributed by atoms with E-state index in [1.807, 2.05) is 31.2 Å². The zero-order valence-corrected chi connectivity index (χ0v) is 19.7. The molecule has 1 fully saturated rings. The molecule has 1 amide bonds. The van der Waals surface area contributed by atoms with Gasteiger partial charge in [0, 0.05) is 36.4 Å². The molecule has 1 aliphatic rings. The molecular weight excluding hydrogens is 430 g/mol. The summed E-state index contributed by atoms with van der Waals surface area (Å²) in [7, 11) is 1.66. The fraction of sp³-hybridized carbons (Fsp3) is 0.522. The van der Waals surface area contributed by atoms with Gasteiger partial charge in [-0.2, -0.15) is 0 Å². The van der Waals surface area contributed by atoms with Gasteiger partial charge in [-0.1, -0.05) is 49.7 Å². The van der Waals surface area contributed by atoms with Crippen LogP contribution >= 0.6 is 23.1 Å². The summed E-state index contributed by atoms with van der Waals surface area (Å²) in [4.78, 5) is 31.3. The van der Waals surface area contributed by atoms with Crippen LogP contribution in [-0.2, 0) is 16.1 Å². The Kier molecular flexibility index (Phi) is 7.30. The lowest BCUT2D eigenvalue weighted by molar-refractivity contribution is -0.121. The number of ether oxygens (including phenoxy) is 1. The molecule has 1 saturated carbocycles. The van der Waals surface area contributed by atoms with Gasteiger partial charge in [0.1, 0.15) is 4.70 Å². The normalized spacial score (nSPS) is 15.7. The van der Waals surface area contributed by atoms with Crippen LogP contribution in [0, 0.1) is 0 Å². The molecule has 1 atom stereocenters. The SMILES string of the molecule is CC[C@H](Sc1nc2c(sc3ccccc32)c(=O)n1CCCOC)C(=O)NC1CCCC1. The Bertz CT molecular complexity index is 1120. The van der Waals surface area contributed by atoms with Crippen molar-refractivity contribution in [1.82, 2.24) is 14.9 Å². The fourth-order valence-electron chi connectivity index (χ4n) is 4.12. The summed E-state index contributed by atoms with van der Waals surface area (Å²) >= 11 is 2.90. The van der Waals surface area contributed by atoms with E-state index in [-0.39, 0.29) is 22.8 Å². The maximum atomic E-state index is 13.4. The Balaban J connectivity index is 1.70. The summed E-state index contributed by atoms with van der Waals surface area (Å²) in [5, 5.41) is 4.54. The third-order valence-corrected chi connectivity index (χ3v) is 8.29. The van der Waals surface area contributed by atoms with Crippen LogP contribution in [0.1, 0.15) is 45.4 Å². The van der Waals surface area contributed by atoms with Crippen LogP contribution in [0.4, 0.5) is 0 Å². The number of nitrogens with zero attached hydrogens (tertiary/aromatic N) is 2. The second-order valence-electron chi connectivity index (χ2n) is 7.98. The first-order valence-corrected chi connectivity index (χ1v) is 12.7. The van der Waals surface area contributed by atoms with Crippen molar-refractivity contribution < 1.29 is 9.53 Å². The van der Waals surface area contributed by atoms with E-state index in [0.29, 0.717) is 35.8 Å². The Hall–Kier alpha value is -1.90. The summed E-state index contributed by atoms with van der Waals surface area (Å²) in [6, 6.07) is 8.26. The minimum atomic E-state index is -0.275. The van der Waals surface area contributed by atoms with Gasteiger partial charge in [0.2, 0.25) is 5.91 Å². The average molecular weight is 460 g/mol. The predicted molar refractivity (Wildman–Crippen MR) is 128 cm³/mol. The van der Waals surface area contributed by atoms with Crippen LogP contribution in [0.3, 0.4) is 0 Å². The standard InChI is InChI=1S/C23H29N3O3S2/c1-3-17(21(27)24-15-9-4-5-10-15)31-23-25-19-16-11-6-7-12-18(16)30-20(19)22(28)26(23)13-8-14-29-2/h6-7,11-12,15,17H,3-5,8-10,13-14H2,1-2H3,(H,24,27)/t17-/m0/s1. The molecule has 0 unspecified atom stereocenters. The van der Waals surface area contributed by atoms with E-state index in [4.69, 9.17) is 9.72 Å². The molecule has 8 heteroatoms. The molecule has 31 heavy (non-hydrogen) atoms. The van der Waals surface area contributed by atoms with Gasteiger partial charge in [-0.15, -0.1) is 11.3 Å². The van der Waals surface area contributed by atoms with Gasteiger partial charge < -0.3 is 10.1 Å². The van der Waals surface area contributed by atoms with Gasteiger partial charge in [-0.25, -0.2) is 4.98 Å². The molecule has 3 aromatic rings. The van der Waals surface area contributed by atoms with Crippen LogP contribution in [-0.4, -0.2) is 40.5 Å². The lowest BCUT2D eigenvalue weighted by Gasteiger charge is -2.19. The summed E-state index contributed by atoms with van der Waals surface area (Å²) in [5.41, 5.74) is 0.706. The smallest absolute Gasteiger partial charge is 0.272 e. The highest BCUT2D eigenvalue weighted by Gasteiger charge is 2.26. The van der Waals surface area contributed by atoms with Gasteiger partial charge in [-0.3, -0.25) is 14.2 Å². The number of amides is 1. The monoisotopic (exact) mass is 459 g/mol. The molecule has 4 rings (SSSR count). The summed E-state index contributed by atoms with van der Waals surface area (Å²) in [6.07, 6.45) is 5.86. The first-order chi connectivity index (χ1) is 15.1. The van der Waals surface area contributed by atoms with E-state index in [9.17, 15) is 9.59 Å². The van der Waals surface area contributed by atoms with Crippen LogP contribution in [0.25, 0.3) is 20.3 Å². The van der Waals surface area contributed by atoms with Gasteiger partial charge in [0.25, 0.3) is 5.56 Å². The number of aromatic nitrogens is 2. The summed E-state index contributed by atoms with van der Waals surface area (Å²) in [5.74, 6) is 0.0485. The lowest BCUT2D eigenvalue weighted by atomic mass is 10.2. The second-order valence-corrected chi connectivity index (χ2v) is 10.2. The van der Waals surface area contributed by atoms with E-state index < -0.39 is 0 Å². The third-order valence-electron chi connectivity index (χ3n) is 5.79. The molecule has 1 aromatic carbocycles. The predicted octanol–water partition coefficient (Wildman–Crippen LogP) is 4.58. The number of carbonyl (C=O) groups excluding carboxylic acids is 1. The quantitative estimate of drug-likeness (QED) is 0.288. The second kappa shape index (κ2) is 10.1. The average Bonchev–Trinajstić information content (AvgIpc) is 3.42. The van der Waals surface area contributed by atoms with Crippen LogP contribution in [0.5, 0.6) is 0 Å². The number of hydrogen-bond acceptors (Lipinski definition) is 6. The summed E-state index contributed by atoms with van der Waals surface area (Å²) in [6.45, 7) is 3.10. The van der Waals surface area contributed by atoms with Crippen molar-refractivity contribution in [3.8, 4) is 0 Å². The first kappa shape index (κ1) is 22.3. The number of benzene rings is 1. The van der Waals surface area contributed by atoms with Crippen molar-refractivity contribution in [2.24, 2.45) is 0 Å². The highest BCUT2D eigenvalue weighted by Crippen LogP contribution is 2.33. The lowest BCUT2D eigenvalue weighted by Crippen LogP contribution is -2.39. The zero-order chi connectivity index (χ0) is 21.8. The van der Waals surface area contributed by atoms with Crippen molar-refractivity contribution >= 4 is 49.3 Å². The molecule has 0 saturated heterocycles. The van der Waals surface area contributed by atoms with Crippen LogP contribution < -0.4 is 10.9 Å². The third kappa shape index (κ3) is 4.81. The molecule has 0 aliphatic heterocycles. The largest absolute Gasteiger partial charge is 0.385 e. The van der Waals surface area contributed by atoms with Crippen molar-refractivity contribution in [2.75, 3.05) is 13.7 Å². The van der Waals surface area contributed by atoms with Crippen molar-refractivity contribution in [1.29, 1.82) is 0 Å². The molecule has 2 aromatic heterocycles. The maximum Gasteiger partial charge on any atom is 0.272 e. The van der Waals surface area contributed by atoms with Gasteiger partial charge >= 0.3 is 0 Å². The molecule has 0 radical (unpaired) electrons. The van der Waals surface area contributed by atoms with E-state index in [1.165, 1.54) is 35.9 Å². The Morgan fingerprint density at radius 1 is 1.35 bits per heavy atom. The number of hydrogen-bond donors (Lipinski definition) is 1. The maximum absolute atomic E-state index is 13.4. The molecule has 1 N–H and O–H groups in total. The Labute approximate surface area is 190 Å². The van der Waals surface area contributed by atoms with Gasteiger partial charge in [0.05, 0.1) is 10.8 Å². The number of methoxy groups -OCH3 is 1. The van der Waals surface area contributed by atoms with E-state index in [1.54, 1.807) is 11.7 Å². The van der Waals surface area contributed by atoms with E-state index in [2.05, 4.69) is 5.32 Å². The highest BCUT2D eigenvalue weighted by molar-refractivity contribution is 8.00. The van der Waals surface area contributed by atoms with Crippen LogP contribution in [0.2, 0.25) is 0 Å². The Morgan fingerprint density at radius 3 is 2.87 bits per heavy atom. The minimum Gasteiger partial charge on any atom is -0.385 e. The molecule has 0 bridgehead atoms. The molecule has 0 spiro atoms. The number of thiophene rings is 1. The first-order valence-electron chi connectivity index (χ1n) is 11.0. The summed E-state index contributed by atoms with van der Waals surface area (Å²) < 4.78 is 8.65. The van der Waals surface area contributed by atoms with Crippen molar-refractivity contribution in [3.63, 3.8) is 0 Å². The fourth-order valence-corrected chi connectivity index (χ4v) is 6.25. The number of thioether (sulfide) groups is 1. The van der Waals surface area contributed by atoms with Crippen LogP contribution in [0.15, 0.2) is 34.2 Å². The zero-order valence-electron chi connectivity index (χ0n) is 18.1. The molecule has 166 valence electrons. The molecule has 6 nitrogen and oxygen atoms in total. The molecule has 1 aliphatic carbocycles. The number of carbonyl (C=O) groups is 1. The number of fused-ring (bicyclic) bond motifs is 3. The Morgan fingerprint density at radius 2 is 2.13 bits per heavy atom. The molecular formula is C23H29N3O3S2. The topological polar surface area (TPSA) is 73.2 Å². The minimum absolute atomic E-state index is 0.0316. The van der Waals surface area contributed by atoms with Crippen molar-refractivity contribution in [2.45, 2.75) is 68.4 Å². The van der Waals surface area contributed by atoms with Crippen molar-refractivity contribution in [3.05, 3.63) is 34.6 Å².